The van der Waals surface area contributed by atoms with Crippen LogP contribution in [0.1, 0.15) is 21.7 Å². The molecular formula is C25H18Cl2N2O4. The summed E-state index contributed by atoms with van der Waals surface area (Å²) in [6, 6.07) is 17.1. The highest BCUT2D eigenvalue weighted by molar-refractivity contribution is 6.42. The molecule has 0 unspecified atom stereocenters. The van der Waals surface area contributed by atoms with Gasteiger partial charge in [-0.25, -0.2) is 4.98 Å². The van der Waals surface area contributed by atoms with Gasteiger partial charge < -0.3 is 14.5 Å². The van der Waals surface area contributed by atoms with Gasteiger partial charge in [0.2, 0.25) is 0 Å². The molecule has 8 heteroatoms. The predicted octanol–water partition coefficient (Wildman–Crippen LogP) is 5.67. The van der Waals surface area contributed by atoms with Crippen LogP contribution in [-0.4, -0.2) is 29.5 Å². The van der Waals surface area contributed by atoms with E-state index < -0.39 is 0 Å². The van der Waals surface area contributed by atoms with E-state index in [1.807, 2.05) is 6.07 Å². The van der Waals surface area contributed by atoms with Crippen molar-refractivity contribution in [1.29, 1.82) is 0 Å². The molecule has 0 aliphatic rings. The second-order valence-corrected chi connectivity index (χ2v) is 7.87. The Kier molecular flexibility index (Phi) is 6.77. The van der Waals surface area contributed by atoms with Gasteiger partial charge in [0.1, 0.15) is 5.82 Å². The second-order valence-electron chi connectivity index (χ2n) is 7.05. The Bertz CT molecular complexity index is 1430. The van der Waals surface area contributed by atoms with Crippen LogP contribution in [0.15, 0.2) is 65.5 Å². The summed E-state index contributed by atoms with van der Waals surface area (Å²) < 4.78 is 11.1. The van der Waals surface area contributed by atoms with Crippen LogP contribution in [0.4, 0.5) is 0 Å². The summed E-state index contributed by atoms with van der Waals surface area (Å²) in [5, 5.41) is 1.22. The van der Waals surface area contributed by atoms with Gasteiger partial charge in [0, 0.05) is 5.56 Å². The molecule has 0 radical (unpaired) electrons. The molecule has 3 aromatic carbocycles. The Morgan fingerprint density at radius 3 is 2.61 bits per heavy atom. The largest absolute Gasteiger partial charge is 0.493 e. The van der Waals surface area contributed by atoms with Gasteiger partial charge in [-0.2, -0.15) is 0 Å². The number of Topliss-reactive ketones (excluding diaryl/α,β-unsaturated/α-hetero) is 1. The van der Waals surface area contributed by atoms with Gasteiger partial charge in [0.05, 0.1) is 28.1 Å². The van der Waals surface area contributed by atoms with Gasteiger partial charge in [-0.05, 0) is 54.1 Å². The third-order valence-corrected chi connectivity index (χ3v) is 5.59. The summed E-state index contributed by atoms with van der Waals surface area (Å²) in [6.45, 7) is -0.189. The van der Waals surface area contributed by atoms with Crippen molar-refractivity contribution in [1.82, 2.24) is 9.97 Å². The van der Waals surface area contributed by atoms with Crippen LogP contribution in [0.5, 0.6) is 11.5 Å². The SMILES string of the molecule is COc1cc(C=Cc2nc3ccccc3c(=O)[nH]2)ccc1OCC(=O)c1ccc(Cl)c(Cl)c1. The molecule has 0 fully saturated rings. The summed E-state index contributed by atoms with van der Waals surface area (Å²) >= 11 is 11.9. The minimum Gasteiger partial charge on any atom is -0.493 e. The summed E-state index contributed by atoms with van der Waals surface area (Å²) in [7, 11) is 1.51. The van der Waals surface area contributed by atoms with Crippen LogP contribution in [0.3, 0.4) is 0 Å². The lowest BCUT2D eigenvalue weighted by Gasteiger charge is -2.11. The number of fused-ring (bicyclic) bond motifs is 1. The lowest BCUT2D eigenvalue weighted by atomic mass is 10.1. The Hall–Kier alpha value is -3.61. The fourth-order valence-corrected chi connectivity index (χ4v) is 3.46. The first-order valence-corrected chi connectivity index (χ1v) is 10.7. The molecule has 1 heterocycles. The molecule has 0 bridgehead atoms. The topological polar surface area (TPSA) is 81.3 Å². The smallest absolute Gasteiger partial charge is 0.259 e. The number of benzene rings is 3. The van der Waals surface area contributed by atoms with Crippen molar-refractivity contribution < 1.29 is 14.3 Å². The summed E-state index contributed by atoms with van der Waals surface area (Å²) in [6.07, 6.45) is 3.50. The number of aromatic nitrogens is 2. The summed E-state index contributed by atoms with van der Waals surface area (Å²) in [4.78, 5) is 31.8. The minimum atomic E-state index is -0.245. The first-order chi connectivity index (χ1) is 15.9. The van der Waals surface area contributed by atoms with Gasteiger partial charge >= 0.3 is 0 Å². The molecule has 0 amide bonds. The maximum absolute atomic E-state index is 12.4. The molecule has 33 heavy (non-hydrogen) atoms. The van der Waals surface area contributed by atoms with Crippen LogP contribution in [0, 0.1) is 0 Å². The average molecular weight is 481 g/mol. The highest BCUT2D eigenvalue weighted by atomic mass is 35.5. The molecule has 6 nitrogen and oxygen atoms in total. The molecule has 0 aliphatic carbocycles. The normalized spacial score (nSPS) is 11.1. The van der Waals surface area contributed by atoms with Gasteiger partial charge in [0.15, 0.2) is 23.9 Å². The van der Waals surface area contributed by atoms with Crippen molar-refractivity contribution in [3.63, 3.8) is 0 Å². The highest BCUT2D eigenvalue weighted by Crippen LogP contribution is 2.29. The van der Waals surface area contributed by atoms with E-state index in [4.69, 9.17) is 32.7 Å². The number of H-pyrrole nitrogens is 1. The van der Waals surface area contributed by atoms with Gasteiger partial charge in [-0.1, -0.05) is 47.5 Å². The number of carbonyl (C=O) groups excluding carboxylic acids is 1. The van der Waals surface area contributed by atoms with E-state index in [1.54, 1.807) is 60.7 Å². The molecule has 0 saturated heterocycles. The second kappa shape index (κ2) is 9.90. The van der Waals surface area contributed by atoms with Gasteiger partial charge in [-0.3, -0.25) is 9.59 Å². The lowest BCUT2D eigenvalue weighted by molar-refractivity contribution is 0.0919. The van der Waals surface area contributed by atoms with Crippen LogP contribution < -0.4 is 15.0 Å². The number of ether oxygens (including phenoxy) is 2. The van der Waals surface area contributed by atoms with Gasteiger partial charge in [-0.15, -0.1) is 0 Å². The predicted molar refractivity (Wildman–Crippen MR) is 131 cm³/mol. The van der Waals surface area contributed by atoms with Crippen LogP contribution in [0.2, 0.25) is 10.0 Å². The fourth-order valence-electron chi connectivity index (χ4n) is 3.16. The standard InChI is InChI=1S/C25H18Cl2N2O4/c1-32-23-12-15(7-11-24-28-20-5-3-2-4-17(20)25(31)29-24)6-10-22(23)33-14-21(30)16-8-9-18(26)19(27)13-16/h2-13H,14H2,1H3,(H,28,29,31). The third kappa shape index (κ3) is 5.25. The summed E-state index contributed by atoms with van der Waals surface area (Å²) in [5.41, 5.74) is 1.62. The van der Waals surface area contributed by atoms with E-state index in [9.17, 15) is 9.59 Å². The van der Waals surface area contributed by atoms with Crippen molar-refractivity contribution in [2.75, 3.05) is 13.7 Å². The van der Waals surface area contributed by atoms with E-state index in [1.165, 1.54) is 13.2 Å². The van der Waals surface area contributed by atoms with E-state index >= 15 is 0 Å². The van der Waals surface area contributed by atoms with E-state index in [0.29, 0.717) is 43.8 Å². The number of rotatable bonds is 7. The zero-order chi connectivity index (χ0) is 23.4. The number of aromatic amines is 1. The monoisotopic (exact) mass is 480 g/mol. The molecule has 0 saturated carbocycles. The van der Waals surface area contributed by atoms with Crippen molar-refractivity contribution in [3.05, 3.63) is 98.0 Å². The van der Waals surface area contributed by atoms with E-state index in [2.05, 4.69) is 9.97 Å². The number of nitrogens with one attached hydrogen (secondary N) is 1. The van der Waals surface area contributed by atoms with Crippen LogP contribution in [-0.2, 0) is 0 Å². The molecular weight excluding hydrogens is 463 g/mol. The lowest BCUT2D eigenvalue weighted by Crippen LogP contribution is -2.12. The quantitative estimate of drug-likeness (QED) is 0.344. The Morgan fingerprint density at radius 1 is 1.00 bits per heavy atom. The third-order valence-electron chi connectivity index (χ3n) is 4.85. The zero-order valence-electron chi connectivity index (χ0n) is 17.5. The molecule has 0 spiro atoms. The average Bonchev–Trinajstić information content (AvgIpc) is 2.83. The molecule has 1 aromatic heterocycles. The number of para-hydroxylation sites is 1. The Labute approximate surface area is 199 Å². The van der Waals surface area contributed by atoms with E-state index in [-0.39, 0.29) is 17.9 Å². The number of hydrogen-bond donors (Lipinski definition) is 1. The van der Waals surface area contributed by atoms with E-state index in [0.717, 1.165) is 5.56 Å². The number of halogens is 2. The number of methoxy groups -OCH3 is 1. The molecule has 0 aliphatic heterocycles. The Balaban J connectivity index is 1.49. The number of nitrogens with zero attached hydrogens (tertiary/aromatic N) is 1. The molecule has 0 atom stereocenters. The molecule has 1 N–H and O–H groups in total. The molecule has 166 valence electrons. The van der Waals surface area contributed by atoms with Crippen LogP contribution >= 0.6 is 23.2 Å². The maximum Gasteiger partial charge on any atom is 0.259 e. The molecule has 4 rings (SSSR count). The molecule has 4 aromatic rings. The van der Waals surface area contributed by atoms with Crippen LogP contribution in [0.25, 0.3) is 23.1 Å². The number of carbonyl (C=O) groups is 1. The first kappa shape index (κ1) is 22.6. The Morgan fingerprint density at radius 2 is 1.82 bits per heavy atom. The van der Waals surface area contributed by atoms with Crippen molar-refractivity contribution in [2.24, 2.45) is 0 Å². The van der Waals surface area contributed by atoms with Gasteiger partial charge in [0.25, 0.3) is 5.56 Å². The highest BCUT2D eigenvalue weighted by Gasteiger charge is 2.12. The first-order valence-electron chi connectivity index (χ1n) is 9.91. The van der Waals surface area contributed by atoms with Crippen molar-refractivity contribution >= 4 is 52.0 Å². The maximum atomic E-state index is 12.4. The number of ketones is 1. The fraction of sp³-hybridized carbons (Fsp3) is 0.0800. The van der Waals surface area contributed by atoms with Crippen molar-refractivity contribution in [2.45, 2.75) is 0 Å². The zero-order valence-corrected chi connectivity index (χ0v) is 19.0. The minimum absolute atomic E-state index is 0.189. The van der Waals surface area contributed by atoms with Crippen molar-refractivity contribution in [3.8, 4) is 11.5 Å². The summed E-state index contributed by atoms with van der Waals surface area (Å²) in [5.74, 6) is 1.07. The number of hydrogen-bond acceptors (Lipinski definition) is 5.